The molecule has 0 amide bonds. The van der Waals surface area contributed by atoms with Gasteiger partial charge in [0.15, 0.2) is 34.4 Å². The maximum absolute atomic E-state index is 14.1. The molecule has 0 fully saturated rings. The maximum atomic E-state index is 14.1. The second kappa shape index (κ2) is 14.6. The molecule has 2 aromatic carbocycles. The summed E-state index contributed by atoms with van der Waals surface area (Å²) >= 11 is 4.69. The number of carbonyl (C=O) groups excluding carboxylic acids is 2. The quantitative estimate of drug-likeness (QED) is 0.261. The molecule has 4 rings (SSSR count). The molecule has 1 aromatic heterocycles. The first-order chi connectivity index (χ1) is 21.2. The molecule has 234 valence electrons. The van der Waals surface area contributed by atoms with Crippen LogP contribution in [-0.4, -0.2) is 57.2 Å². The Bertz CT molecular complexity index is 1780. The summed E-state index contributed by atoms with van der Waals surface area (Å²) in [5.74, 6) is 0.495. The molecular formula is C31H33BrN2O9S. The molecule has 1 aliphatic heterocycles. The summed E-state index contributed by atoms with van der Waals surface area (Å²) in [6.07, 6.45) is 1.72. The van der Waals surface area contributed by atoms with E-state index in [1.807, 2.05) is 13.0 Å². The van der Waals surface area contributed by atoms with E-state index in [9.17, 15) is 14.4 Å². The molecule has 1 aliphatic rings. The Morgan fingerprint density at radius 3 is 2.41 bits per heavy atom. The van der Waals surface area contributed by atoms with Crippen molar-refractivity contribution in [1.82, 2.24) is 4.57 Å². The zero-order chi connectivity index (χ0) is 32.0. The number of ether oxygens (including phenoxy) is 6. The highest BCUT2D eigenvalue weighted by Gasteiger charge is 2.34. The zero-order valence-electron chi connectivity index (χ0n) is 25.2. The van der Waals surface area contributed by atoms with Crippen LogP contribution < -0.4 is 33.8 Å². The van der Waals surface area contributed by atoms with Crippen LogP contribution in [0, 0.1) is 0 Å². The molecule has 11 nitrogen and oxygen atoms in total. The fraction of sp³-hybridized carbons (Fsp3) is 0.355. The number of allylic oxidation sites excluding steroid dienone is 1. The van der Waals surface area contributed by atoms with Crippen molar-refractivity contribution in [3.63, 3.8) is 0 Å². The Morgan fingerprint density at radius 2 is 1.75 bits per heavy atom. The molecule has 0 saturated carbocycles. The summed E-state index contributed by atoms with van der Waals surface area (Å²) < 4.78 is 35.5. The lowest BCUT2D eigenvalue weighted by Gasteiger charge is -2.25. The Kier molecular flexibility index (Phi) is 10.9. The first-order valence-corrected chi connectivity index (χ1v) is 15.4. The third-order valence-corrected chi connectivity index (χ3v) is 7.96. The van der Waals surface area contributed by atoms with Gasteiger partial charge in [0, 0.05) is 10.0 Å². The van der Waals surface area contributed by atoms with Gasteiger partial charge in [0.05, 0.1) is 55.9 Å². The molecule has 0 aliphatic carbocycles. The van der Waals surface area contributed by atoms with Gasteiger partial charge in [-0.3, -0.25) is 9.36 Å². The van der Waals surface area contributed by atoms with Crippen molar-refractivity contribution < 1.29 is 38.0 Å². The van der Waals surface area contributed by atoms with Crippen LogP contribution in [-0.2, 0) is 19.1 Å². The number of rotatable bonds is 12. The minimum atomic E-state index is -0.885. The largest absolute Gasteiger partial charge is 0.493 e. The van der Waals surface area contributed by atoms with Crippen LogP contribution in [0.3, 0.4) is 0 Å². The molecular weight excluding hydrogens is 656 g/mol. The van der Waals surface area contributed by atoms with E-state index in [0.717, 1.165) is 4.47 Å². The van der Waals surface area contributed by atoms with Crippen LogP contribution in [0.2, 0.25) is 0 Å². The number of thiazole rings is 1. The fourth-order valence-corrected chi connectivity index (χ4v) is 6.16. The number of fused-ring (bicyclic) bond motifs is 1. The number of benzene rings is 2. The van der Waals surface area contributed by atoms with Crippen LogP contribution in [0.5, 0.6) is 23.0 Å². The molecule has 3 aromatic rings. The molecule has 13 heteroatoms. The van der Waals surface area contributed by atoms with Crippen LogP contribution in [0.25, 0.3) is 6.08 Å². The molecule has 0 spiro atoms. The van der Waals surface area contributed by atoms with Crippen molar-refractivity contribution in [3.05, 3.63) is 76.9 Å². The summed E-state index contributed by atoms with van der Waals surface area (Å²) in [7, 11) is 2.81. The predicted molar refractivity (Wildman–Crippen MR) is 167 cm³/mol. The number of hydrogen-bond acceptors (Lipinski definition) is 11. The highest BCUT2D eigenvalue weighted by atomic mass is 79.9. The second-order valence-corrected chi connectivity index (χ2v) is 11.2. The number of hydrogen-bond donors (Lipinski definition) is 0. The van der Waals surface area contributed by atoms with Crippen molar-refractivity contribution in [2.45, 2.75) is 33.7 Å². The van der Waals surface area contributed by atoms with Crippen molar-refractivity contribution in [3.8, 4) is 23.0 Å². The maximum Gasteiger partial charge on any atom is 0.343 e. The molecule has 44 heavy (non-hydrogen) atoms. The van der Waals surface area contributed by atoms with Gasteiger partial charge < -0.3 is 28.4 Å². The number of nitrogens with zero attached hydrogens (tertiary/aromatic N) is 2. The molecule has 1 atom stereocenters. The minimum absolute atomic E-state index is 0.141. The smallest absolute Gasteiger partial charge is 0.343 e. The molecule has 0 unspecified atom stereocenters. The second-order valence-electron chi connectivity index (χ2n) is 9.27. The highest BCUT2D eigenvalue weighted by molar-refractivity contribution is 9.10. The Labute approximate surface area is 266 Å². The molecule has 0 N–H and O–H groups in total. The van der Waals surface area contributed by atoms with Gasteiger partial charge in [-0.2, -0.15) is 0 Å². The van der Waals surface area contributed by atoms with E-state index in [1.165, 1.54) is 23.0 Å². The van der Waals surface area contributed by atoms with E-state index in [1.54, 1.807) is 58.2 Å². The molecule has 0 bridgehead atoms. The molecule has 0 saturated heterocycles. The van der Waals surface area contributed by atoms with Gasteiger partial charge in [-0.1, -0.05) is 33.3 Å². The summed E-state index contributed by atoms with van der Waals surface area (Å²) in [5.41, 5.74) is 1.47. The third-order valence-electron chi connectivity index (χ3n) is 6.52. The van der Waals surface area contributed by atoms with Gasteiger partial charge >= 0.3 is 11.9 Å². The number of aromatic nitrogens is 1. The van der Waals surface area contributed by atoms with Gasteiger partial charge in [-0.15, -0.1) is 0 Å². The van der Waals surface area contributed by atoms with Gasteiger partial charge in [0.1, 0.15) is 0 Å². The van der Waals surface area contributed by atoms with Crippen molar-refractivity contribution in [1.29, 1.82) is 0 Å². The van der Waals surface area contributed by atoms with E-state index in [0.29, 0.717) is 62.4 Å². The van der Waals surface area contributed by atoms with Gasteiger partial charge in [0.2, 0.25) is 0 Å². The number of carbonyl (C=O) groups is 2. The number of methoxy groups -OCH3 is 2. The minimum Gasteiger partial charge on any atom is -0.493 e. The SMILES string of the molecule is CCOC(=O)C1=C(C)N=c2s/c(=C/c3cc(Br)cc(OC)c3OCC)c(=O)n2[C@H]1c1ccc(OCC(=O)OC)c(OCC)c1. The van der Waals surface area contributed by atoms with E-state index in [4.69, 9.17) is 23.7 Å². The summed E-state index contributed by atoms with van der Waals surface area (Å²) in [6, 6.07) is 7.75. The van der Waals surface area contributed by atoms with Gasteiger partial charge in [-0.05, 0) is 63.6 Å². The van der Waals surface area contributed by atoms with Crippen molar-refractivity contribution in [2.24, 2.45) is 4.99 Å². The average molecular weight is 690 g/mol. The first-order valence-electron chi connectivity index (χ1n) is 13.8. The Balaban J connectivity index is 1.94. The summed E-state index contributed by atoms with van der Waals surface area (Å²) in [5, 5.41) is 0. The summed E-state index contributed by atoms with van der Waals surface area (Å²) in [6.45, 7) is 7.61. The average Bonchev–Trinajstić information content (AvgIpc) is 3.30. The standard InChI is InChI=1S/C31H33BrN2O9S/c1-7-40-22-13-18(10-11-21(22)43-16-25(35)39-6)27-26(30(37)42-9-3)17(4)33-31-34(27)29(36)24(44-31)14-19-12-20(32)15-23(38-5)28(19)41-8-2/h10-15,27H,7-9,16H2,1-6H3/b24-14+/t27-/m0/s1. The highest BCUT2D eigenvalue weighted by Crippen LogP contribution is 2.37. The zero-order valence-corrected chi connectivity index (χ0v) is 27.6. The monoisotopic (exact) mass is 688 g/mol. The van der Waals surface area contributed by atoms with Gasteiger partial charge in [0.25, 0.3) is 5.56 Å². The summed E-state index contributed by atoms with van der Waals surface area (Å²) in [4.78, 5) is 44.2. The van der Waals surface area contributed by atoms with Gasteiger partial charge in [-0.25, -0.2) is 14.6 Å². The molecule has 0 radical (unpaired) electrons. The van der Waals surface area contributed by atoms with Crippen molar-refractivity contribution >= 4 is 45.3 Å². The van der Waals surface area contributed by atoms with Crippen LogP contribution >= 0.6 is 27.3 Å². The lowest BCUT2D eigenvalue weighted by molar-refractivity contribution is -0.143. The van der Waals surface area contributed by atoms with E-state index < -0.39 is 18.0 Å². The third kappa shape index (κ3) is 6.83. The first kappa shape index (κ1) is 32.8. The predicted octanol–water partition coefficient (Wildman–Crippen LogP) is 3.92. The van der Waals surface area contributed by atoms with E-state index in [2.05, 4.69) is 25.7 Å². The van der Waals surface area contributed by atoms with Crippen LogP contribution in [0.4, 0.5) is 0 Å². The lowest BCUT2D eigenvalue weighted by atomic mass is 9.95. The van der Waals surface area contributed by atoms with Crippen LogP contribution in [0.15, 0.2) is 55.9 Å². The topological polar surface area (TPSA) is 124 Å². The number of halogens is 1. The lowest BCUT2D eigenvalue weighted by Crippen LogP contribution is -2.40. The Hall–Kier alpha value is -4.10. The fourth-order valence-electron chi connectivity index (χ4n) is 4.67. The Morgan fingerprint density at radius 1 is 1.00 bits per heavy atom. The van der Waals surface area contributed by atoms with E-state index >= 15 is 0 Å². The molecule has 2 heterocycles. The van der Waals surface area contributed by atoms with Crippen molar-refractivity contribution in [2.75, 3.05) is 40.6 Å². The number of esters is 2. The normalized spacial score (nSPS) is 14.4. The van der Waals surface area contributed by atoms with Crippen LogP contribution in [0.1, 0.15) is 44.9 Å². The van der Waals surface area contributed by atoms with E-state index in [-0.39, 0.29) is 24.3 Å².